The number of likely N-dealkylation sites (N-methyl/N-ethyl adjacent to an activating group) is 1. The van der Waals surface area contributed by atoms with Crippen LogP contribution in [0.15, 0.2) is 18.2 Å². The van der Waals surface area contributed by atoms with Gasteiger partial charge < -0.3 is 4.90 Å². The molecule has 1 saturated heterocycles. The van der Waals surface area contributed by atoms with Gasteiger partial charge in [0.2, 0.25) is 0 Å². The standard InChI is InChI=1S/C15H20FN3/c1-12-10-18(2)6-3-7-19(12)11-13-4-5-15(16)14(8-13)9-17/h4-5,8,12H,3,6-7,10-11H2,1-2H3. The van der Waals surface area contributed by atoms with E-state index >= 15 is 0 Å². The molecule has 1 heterocycles. The summed E-state index contributed by atoms with van der Waals surface area (Å²) in [6.45, 7) is 6.21. The van der Waals surface area contributed by atoms with Crippen molar-refractivity contribution < 1.29 is 4.39 Å². The number of nitriles is 1. The first-order valence-corrected chi connectivity index (χ1v) is 6.71. The molecule has 0 spiro atoms. The van der Waals surface area contributed by atoms with Crippen LogP contribution in [0.5, 0.6) is 0 Å². The SMILES string of the molecule is CC1CN(C)CCCN1Cc1ccc(F)c(C#N)c1. The molecule has 1 aliphatic heterocycles. The maximum atomic E-state index is 13.3. The Bertz CT molecular complexity index is 481. The maximum Gasteiger partial charge on any atom is 0.140 e. The zero-order chi connectivity index (χ0) is 13.8. The molecule has 0 radical (unpaired) electrons. The highest BCUT2D eigenvalue weighted by Crippen LogP contribution is 2.15. The Balaban J connectivity index is 2.10. The van der Waals surface area contributed by atoms with Gasteiger partial charge in [0, 0.05) is 25.7 Å². The van der Waals surface area contributed by atoms with Crippen molar-refractivity contribution in [3.8, 4) is 6.07 Å². The molecule has 1 atom stereocenters. The van der Waals surface area contributed by atoms with E-state index in [-0.39, 0.29) is 5.56 Å². The summed E-state index contributed by atoms with van der Waals surface area (Å²) in [5.41, 5.74) is 1.14. The van der Waals surface area contributed by atoms with Crippen molar-refractivity contribution in [1.82, 2.24) is 9.80 Å². The summed E-state index contributed by atoms with van der Waals surface area (Å²) in [7, 11) is 2.14. The number of halogens is 1. The lowest BCUT2D eigenvalue weighted by Gasteiger charge is -2.27. The number of benzene rings is 1. The van der Waals surface area contributed by atoms with Crippen molar-refractivity contribution in [2.24, 2.45) is 0 Å². The van der Waals surface area contributed by atoms with E-state index in [1.165, 1.54) is 6.07 Å². The minimum Gasteiger partial charge on any atom is -0.305 e. The molecule has 1 aromatic carbocycles. The summed E-state index contributed by atoms with van der Waals surface area (Å²) in [6, 6.07) is 7.21. The van der Waals surface area contributed by atoms with Gasteiger partial charge >= 0.3 is 0 Å². The first kappa shape index (κ1) is 14.0. The van der Waals surface area contributed by atoms with E-state index in [9.17, 15) is 4.39 Å². The molecule has 3 nitrogen and oxygen atoms in total. The van der Waals surface area contributed by atoms with Gasteiger partial charge in [-0.25, -0.2) is 4.39 Å². The zero-order valence-electron chi connectivity index (χ0n) is 11.6. The largest absolute Gasteiger partial charge is 0.305 e. The van der Waals surface area contributed by atoms with E-state index < -0.39 is 5.82 Å². The van der Waals surface area contributed by atoms with Crippen molar-refractivity contribution >= 4 is 0 Å². The minimum atomic E-state index is -0.435. The van der Waals surface area contributed by atoms with E-state index in [0.717, 1.165) is 38.2 Å². The lowest BCUT2D eigenvalue weighted by atomic mass is 10.1. The maximum absolute atomic E-state index is 13.3. The van der Waals surface area contributed by atoms with E-state index in [1.54, 1.807) is 12.1 Å². The third-order valence-corrected chi connectivity index (χ3v) is 3.72. The highest BCUT2D eigenvalue weighted by molar-refractivity contribution is 5.34. The highest BCUT2D eigenvalue weighted by atomic mass is 19.1. The van der Waals surface area contributed by atoms with Gasteiger partial charge in [-0.05, 0) is 44.6 Å². The van der Waals surface area contributed by atoms with Gasteiger partial charge in [0.15, 0.2) is 0 Å². The molecule has 1 unspecified atom stereocenters. The third kappa shape index (κ3) is 3.52. The molecule has 2 rings (SSSR count). The average molecular weight is 261 g/mol. The van der Waals surface area contributed by atoms with Crippen LogP contribution in [0.4, 0.5) is 4.39 Å². The van der Waals surface area contributed by atoms with Crippen molar-refractivity contribution in [3.05, 3.63) is 35.1 Å². The lowest BCUT2D eigenvalue weighted by Crippen LogP contribution is -2.37. The summed E-state index contributed by atoms with van der Waals surface area (Å²) in [5, 5.41) is 8.87. The Hall–Kier alpha value is -1.44. The first-order chi connectivity index (χ1) is 9.10. The fourth-order valence-corrected chi connectivity index (χ4v) is 2.65. The zero-order valence-corrected chi connectivity index (χ0v) is 11.6. The van der Waals surface area contributed by atoms with Gasteiger partial charge in [-0.15, -0.1) is 0 Å². The average Bonchev–Trinajstić information content (AvgIpc) is 2.53. The van der Waals surface area contributed by atoms with E-state index in [2.05, 4.69) is 23.8 Å². The van der Waals surface area contributed by atoms with Gasteiger partial charge in [0.1, 0.15) is 11.9 Å². The fourth-order valence-electron chi connectivity index (χ4n) is 2.65. The molecule has 1 fully saturated rings. The second kappa shape index (κ2) is 6.14. The van der Waals surface area contributed by atoms with E-state index in [0.29, 0.717) is 6.04 Å². The third-order valence-electron chi connectivity index (χ3n) is 3.72. The Kier molecular flexibility index (Phi) is 4.52. The molecule has 0 N–H and O–H groups in total. The number of hydrogen-bond donors (Lipinski definition) is 0. The quantitative estimate of drug-likeness (QED) is 0.818. The number of rotatable bonds is 2. The predicted octanol–water partition coefficient (Wildman–Crippen LogP) is 2.22. The Morgan fingerprint density at radius 1 is 1.42 bits per heavy atom. The van der Waals surface area contributed by atoms with Gasteiger partial charge in [-0.1, -0.05) is 6.07 Å². The monoisotopic (exact) mass is 261 g/mol. The molecule has 4 heteroatoms. The van der Waals surface area contributed by atoms with Gasteiger partial charge in [-0.3, -0.25) is 4.90 Å². The molecule has 102 valence electrons. The molecule has 19 heavy (non-hydrogen) atoms. The second-order valence-corrected chi connectivity index (χ2v) is 5.36. The van der Waals surface area contributed by atoms with Gasteiger partial charge in [0.25, 0.3) is 0 Å². The van der Waals surface area contributed by atoms with E-state index in [4.69, 9.17) is 5.26 Å². The molecule has 0 aliphatic carbocycles. The molecule has 1 aromatic rings. The number of nitrogens with zero attached hydrogens (tertiary/aromatic N) is 3. The van der Waals surface area contributed by atoms with Crippen LogP contribution in [-0.4, -0.2) is 42.5 Å². The predicted molar refractivity (Wildman–Crippen MR) is 73.1 cm³/mol. The van der Waals surface area contributed by atoms with E-state index in [1.807, 2.05) is 6.07 Å². The first-order valence-electron chi connectivity index (χ1n) is 6.71. The summed E-state index contributed by atoms with van der Waals surface area (Å²) in [6.07, 6.45) is 1.15. The van der Waals surface area contributed by atoms with Crippen molar-refractivity contribution in [2.75, 3.05) is 26.7 Å². The van der Waals surface area contributed by atoms with Crippen molar-refractivity contribution in [2.45, 2.75) is 25.9 Å². The topological polar surface area (TPSA) is 30.3 Å². The van der Waals surface area contributed by atoms with Crippen LogP contribution in [0, 0.1) is 17.1 Å². The second-order valence-electron chi connectivity index (χ2n) is 5.36. The molecular weight excluding hydrogens is 241 g/mol. The van der Waals surface area contributed by atoms with Crippen LogP contribution < -0.4 is 0 Å². The van der Waals surface area contributed by atoms with Crippen LogP contribution in [-0.2, 0) is 6.54 Å². The molecule has 0 amide bonds. The molecule has 1 aliphatic rings. The Morgan fingerprint density at radius 3 is 2.95 bits per heavy atom. The van der Waals surface area contributed by atoms with Crippen molar-refractivity contribution in [1.29, 1.82) is 5.26 Å². The molecule has 0 aromatic heterocycles. The summed E-state index contributed by atoms with van der Waals surface area (Å²) >= 11 is 0. The van der Waals surface area contributed by atoms with Crippen LogP contribution in [0.25, 0.3) is 0 Å². The smallest absolute Gasteiger partial charge is 0.140 e. The highest BCUT2D eigenvalue weighted by Gasteiger charge is 2.19. The fraction of sp³-hybridized carbons (Fsp3) is 0.533. The summed E-state index contributed by atoms with van der Waals surface area (Å²) in [5.74, 6) is -0.435. The summed E-state index contributed by atoms with van der Waals surface area (Å²) < 4.78 is 13.3. The minimum absolute atomic E-state index is 0.136. The number of hydrogen-bond acceptors (Lipinski definition) is 3. The summed E-state index contributed by atoms with van der Waals surface area (Å²) in [4.78, 5) is 4.74. The Labute approximate surface area is 114 Å². The van der Waals surface area contributed by atoms with Crippen molar-refractivity contribution in [3.63, 3.8) is 0 Å². The van der Waals surface area contributed by atoms with Crippen LogP contribution in [0.3, 0.4) is 0 Å². The molecule has 0 saturated carbocycles. The Morgan fingerprint density at radius 2 is 2.21 bits per heavy atom. The lowest BCUT2D eigenvalue weighted by molar-refractivity contribution is 0.194. The molecular formula is C15H20FN3. The van der Waals surface area contributed by atoms with Crippen LogP contribution in [0.2, 0.25) is 0 Å². The van der Waals surface area contributed by atoms with Crippen LogP contribution >= 0.6 is 0 Å². The van der Waals surface area contributed by atoms with Gasteiger partial charge in [0.05, 0.1) is 5.56 Å². The van der Waals surface area contributed by atoms with Gasteiger partial charge in [-0.2, -0.15) is 5.26 Å². The van der Waals surface area contributed by atoms with Crippen LogP contribution in [0.1, 0.15) is 24.5 Å². The normalized spacial score (nSPS) is 21.9. The molecule has 0 bridgehead atoms.